The first-order valence-electron chi connectivity index (χ1n) is 4.99. The number of aliphatic carboxylic acids is 1. The van der Waals surface area contributed by atoms with Crippen molar-refractivity contribution in [2.75, 3.05) is 26.9 Å². The fourth-order valence-electron chi connectivity index (χ4n) is 1.56. The number of likely N-dealkylation sites (N-methyl/N-ethyl adjacent to an activating group) is 1. The van der Waals surface area contributed by atoms with Gasteiger partial charge < -0.3 is 25.6 Å². The van der Waals surface area contributed by atoms with Crippen LogP contribution >= 0.6 is 0 Å². The van der Waals surface area contributed by atoms with Gasteiger partial charge in [0.15, 0.2) is 0 Å². The molecule has 2 unspecified atom stereocenters. The van der Waals surface area contributed by atoms with Crippen molar-refractivity contribution in [2.45, 2.75) is 12.1 Å². The van der Waals surface area contributed by atoms with Gasteiger partial charge in [0.2, 0.25) is 5.91 Å². The van der Waals surface area contributed by atoms with Crippen LogP contribution in [0, 0.1) is 5.92 Å². The van der Waals surface area contributed by atoms with E-state index in [0.717, 1.165) is 0 Å². The third kappa shape index (κ3) is 2.91. The van der Waals surface area contributed by atoms with Gasteiger partial charge in [-0.05, 0) is 7.05 Å². The highest BCUT2D eigenvalue weighted by molar-refractivity contribution is 5.85. The zero-order chi connectivity index (χ0) is 12.1. The van der Waals surface area contributed by atoms with Gasteiger partial charge in [-0.15, -0.1) is 0 Å². The quantitative estimate of drug-likeness (QED) is 0.428. The molecule has 0 aliphatic carbocycles. The molecule has 0 aromatic heterocycles. The summed E-state index contributed by atoms with van der Waals surface area (Å²) in [5.41, 5.74) is 0. The largest absolute Gasteiger partial charge is 0.480 e. The summed E-state index contributed by atoms with van der Waals surface area (Å²) in [6.07, 6.45) is 0. The number of hydrogen-bond acceptors (Lipinski definition) is 5. The minimum absolute atomic E-state index is 0.117. The van der Waals surface area contributed by atoms with Crippen molar-refractivity contribution in [3.63, 3.8) is 0 Å². The average molecular weight is 232 g/mol. The standard InChI is InChI=1S/C9H16N2O5/c1-10-7-4-16-3-5(7)8(13)11-6(2-12)9(14)15/h5-7,10,12H,2-4H2,1H3,(H,11,13)(H,14,15)/t5?,6-,7?/m0/s1. The number of aliphatic hydroxyl groups excluding tert-OH is 1. The molecule has 0 spiro atoms. The van der Waals surface area contributed by atoms with E-state index >= 15 is 0 Å². The number of carbonyl (C=O) groups excluding carboxylic acids is 1. The molecule has 0 saturated carbocycles. The van der Waals surface area contributed by atoms with Crippen molar-refractivity contribution >= 4 is 11.9 Å². The van der Waals surface area contributed by atoms with Gasteiger partial charge in [0.1, 0.15) is 6.04 Å². The molecule has 1 aliphatic heterocycles. The van der Waals surface area contributed by atoms with E-state index in [1.54, 1.807) is 7.05 Å². The second-order valence-corrected chi connectivity index (χ2v) is 3.62. The molecule has 1 saturated heterocycles. The first-order valence-corrected chi connectivity index (χ1v) is 4.99. The van der Waals surface area contributed by atoms with Gasteiger partial charge in [0.25, 0.3) is 0 Å². The highest BCUT2D eigenvalue weighted by atomic mass is 16.5. The van der Waals surface area contributed by atoms with Gasteiger partial charge in [-0.25, -0.2) is 4.79 Å². The summed E-state index contributed by atoms with van der Waals surface area (Å²) in [6, 6.07) is -1.38. The van der Waals surface area contributed by atoms with E-state index in [-0.39, 0.29) is 12.6 Å². The van der Waals surface area contributed by atoms with Gasteiger partial charge in [0.05, 0.1) is 25.7 Å². The van der Waals surface area contributed by atoms with Gasteiger partial charge in [-0.3, -0.25) is 4.79 Å². The summed E-state index contributed by atoms with van der Waals surface area (Å²) in [5.74, 6) is -2.09. The van der Waals surface area contributed by atoms with Gasteiger partial charge in [-0.1, -0.05) is 0 Å². The number of nitrogens with one attached hydrogen (secondary N) is 2. The Morgan fingerprint density at radius 1 is 1.50 bits per heavy atom. The molecule has 0 radical (unpaired) electrons. The van der Waals surface area contributed by atoms with Crippen molar-refractivity contribution < 1.29 is 24.5 Å². The minimum Gasteiger partial charge on any atom is -0.480 e. The topological polar surface area (TPSA) is 108 Å². The normalized spacial score (nSPS) is 26.4. The fourth-order valence-corrected chi connectivity index (χ4v) is 1.56. The SMILES string of the molecule is CNC1COCC1C(=O)N[C@@H](CO)C(=O)O. The van der Waals surface area contributed by atoms with Crippen LogP contribution in [0.15, 0.2) is 0 Å². The average Bonchev–Trinajstić information content (AvgIpc) is 2.72. The molecule has 7 heteroatoms. The molecule has 1 fully saturated rings. The molecule has 3 atom stereocenters. The van der Waals surface area contributed by atoms with Crippen molar-refractivity contribution in [2.24, 2.45) is 5.92 Å². The van der Waals surface area contributed by atoms with Crippen molar-refractivity contribution in [3.05, 3.63) is 0 Å². The Balaban J connectivity index is 2.54. The van der Waals surface area contributed by atoms with Crippen LogP contribution in [0.3, 0.4) is 0 Å². The molecule has 7 nitrogen and oxygen atoms in total. The maximum absolute atomic E-state index is 11.7. The first-order chi connectivity index (χ1) is 7.60. The first kappa shape index (κ1) is 12.9. The Kier molecular flexibility index (Phi) is 4.66. The van der Waals surface area contributed by atoms with E-state index in [4.69, 9.17) is 14.9 Å². The number of hydrogen-bond donors (Lipinski definition) is 4. The van der Waals surface area contributed by atoms with Gasteiger partial charge >= 0.3 is 5.97 Å². The summed E-state index contributed by atoms with van der Waals surface area (Å²) < 4.78 is 5.12. The Hall–Kier alpha value is -1.18. The lowest BCUT2D eigenvalue weighted by atomic mass is 10.0. The Morgan fingerprint density at radius 3 is 2.69 bits per heavy atom. The van der Waals surface area contributed by atoms with Gasteiger partial charge in [-0.2, -0.15) is 0 Å². The molecular formula is C9H16N2O5. The monoisotopic (exact) mass is 232 g/mol. The summed E-state index contributed by atoms with van der Waals surface area (Å²) >= 11 is 0. The number of amides is 1. The number of carbonyl (C=O) groups is 2. The number of rotatable bonds is 5. The molecule has 92 valence electrons. The Labute approximate surface area is 92.8 Å². The molecule has 1 amide bonds. The fraction of sp³-hybridized carbons (Fsp3) is 0.778. The predicted molar refractivity (Wildman–Crippen MR) is 53.8 cm³/mol. The summed E-state index contributed by atoms with van der Waals surface area (Å²) in [4.78, 5) is 22.3. The van der Waals surface area contributed by atoms with Crippen LogP contribution in [-0.2, 0) is 14.3 Å². The molecular weight excluding hydrogens is 216 g/mol. The van der Waals surface area contributed by atoms with Crippen LogP contribution in [0.5, 0.6) is 0 Å². The van der Waals surface area contributed by atoms with E-state index in [9.17, 15) is 9.59 Å². The van der Waals surface area contributed by atoms with E-state index in [1.165, 1.54) is 0 Å². The Morgan fingerprint density at radius 2 is 2.19 bits per heavy atom. The molecule has 1 heterocycles. The molecule has 0 aromatic rings. The highest BCUT2D eigenvalue weighted by Gasteiger charge is 2.34. The lowest BCUT2D eigenvalue weighted by Gasteiger charge is -2.18. The van der Waals surface area contributed by atoms with Crippen molar-refractivity contribution in [3.8, 4) is 0 Å². The summed E-state index contributed by atoms with van der Waals surface area (Å²) in [7, 11) is 1.71. The maximum atomic E-state index is 11.7. The van der Waals surface area contributed by atoms with Crippen LogP contribution in [-0.4, -0.2) is 61.0 Å². The van der Waals surface area contributed by atoms with Crippen LogP contribution in [0.2, 0.25) is 0 Å². The Bertz CT molecular complexity index is 271. The van der Waals surface area contributed by atoms with Crippen LogP contribution < -0.4 is 10.6 Å². The van der Waals surface area contributed by atoms with Crippen molar-refractivity contribution in [1.29, 1.82) is 0 Å². The summed E-state index contributed by atoms with van der Waals surface area (Å²) in [6.45, 7) is 0.0550. The second-order valence-electron chi connectivity index (χ2n) is 3.62. The van der Waals surface area contributed by atoms with Crippen molar-refractivity contribution in [1.82, 2.24) is 10.6 Å². The van der Waals surface area contributed by atoms with E-state index < -0.39 is 30.4 Å². The predicted octanol–water partition coefficient (Wildman–Crippen LogP) is -2.22. The molecule has 1 rings (SSSR count). The molecule has 0 aromatic carbocycles. The third-order valence-electron chi connectivity index (χ3n) is 2.59. The zero-order valence-corrected chi connectivity index (χ0v) is 8.97. The molecule has 16 heavy (non-hydrogen) atoms. The number of carboxylic acid groups (broad SMARTS) is 1. The number of aliphatic hydroxyl groups is 1. The van der Waals surface area contributed by atoms with E-state index in [0.29, 0.717) is 6.61 Å². The lowest BCUT2D eigenvalue weighted by Crippen LogP contribution is -2.49. The van der Waals surface area contributed by atoms with E-state index in [2.05, 4.69) is 10.6 Å². The molecule has 4 N–H and O–H groups in total. The minimum atomic E-state index is -1.26. The highest BCUT2D eigenvalue weighted by Crippen LogP contribution is 2.13. The third-order valence-corrected chi connectivity index (χ3v) is 2.59. The number of ether oxygens (including phenoxy) is 1. The molecule has 0 bridgehead atoms. The van der Waals surface area contributed by atoms with Crippen LogP contribution in [0.1, 0.15) is 0 Å². The molecule has 1 aliphatic rings. The van der Waals surface area contributed by atoms with Crippen LogP contribution in [0.4, 0.5) is 0 Å². The maximum Gasteiger partial charge on any atom is 0.328 e. The van der Waals surface area contributed by atoms with E-state index in [1.807, 2.05) is 0 Å². The smallest absolute Gasteiger partial charge is 0.328 e. The second kappa shape index (κ2) is 5.78. The summed E-state index contributed by atoms with van der Waals surface area (Å²) in [5, 5.41) is 22.6. The zero-order valence-electron chi connectivity index (χ0n) is 8.97. The van der Waals surface area contributed by atoms with Crippen LogP contribution in [0.25, 0.3) is 0 Å². The lowest BCUT2D eigenvalue weighted by molar-refractivity contribution is -0.143. The number of carboxylic acids is 1. The van der Waals surface area contributed by atoms with Gasteiger partial charge in [0, 0.05) is 6.04 Å².